The van der Waals surface area contributed by atoms with Gasteiger partial charge in [0.25, 0.3) is 0 Å². The van der Waals surface area contributed by atoms with Crippen molar-refractivity contribution in [2.75, 3.05) is 0 Å². The highest BCUT2D eigenvalue weighted by Crippen LogP contribution is 2.18. The Morgan fingerprint density at radius 2 is 2.45 bits per heavy atom. The van der Waals surface area contributed by atoms with Crippen molar-refractivity contribution >= 4 is 12.6 Å². The average Bonchev–Trinajstić information content (AvgIpc) is 2.32. The molecule has 0 saturated heterocycles. The number of hydrogen-bond acceptors (Lipinski definition) is 3. The van der Waals surface area contributed by atoms with Crippen molar-refractivity contribution in [2.24, 2.45) is 0 Å². The smallest absolute Gasteiger partial charge is 0.169 e. The van der Waals surface area contributed by atoms with E-state index in [9.17, 15) is 10.1 Å². The van der Waals surface area contributed by atoms with Gasteiger partial charge < -0.3 is 0 Å². The van der Waals surface area contributed by atoms with E-state index in [1.807, 2.05) is 0 Å². The molecule has 5 heteroatoms. The van der Waals surface area contributed by atoms with Crippen LogP contribution in [0.15, 0.2) is 18.3 Å². The number of hydrogen-bond donors (Lipinski definition) is 1. The molecule has 0 N–H and O–H groups in total. The van der Waals surface area contributed by atoms with E-state index < -0.39 is 5.03 Å². The van der Waals surface area contributed by atoms with Crippen LogP contribution in [-0.2, 0) is 0 Å². The van der Waals surface area contributed by atoms with Crippen molar-refractivity contribution in [3.05, 3.63) is 34.1 Å². The highest BCUT2D eigenvalue weighted by atomic mass is 32.1. The Bertz CT molecular complexity index is 269. The van der Waals surface area contributed by atoms with E-state index in [0.717, 1.165) is 4.68 Å². The van der Waals surface area contributed by atoms with Gasteiger partial charge in [0, 0.05) is 5.25 Å². The lowest BCUT2D eigenvalue weighted by Gasteiger charge is -2.01. The number of rotatable bonds is 2. The molecule has 1 atom stereocenters. The SMILES string of the molecule is CC(S)c1cccn1[N+](=O)[O-]. The number of nitro groups is 1. The summed E-state index contributed by atoms with van der Waals surface area (Å²) in [6.07, 6.45) is 1.40. The summed E-state index contributed by atoms with van der Waals surface area (Å²) in [6.45, 7) is 1.79. The lowest BCUT2D eigenvalue weighted by molar-refractivity contribution is -0.543. The molecule has 0 aliphatic rings. The van der Waals surface area contributed by atoms with Crippen molar-refractivity contribution in [2.45, 2.75) is 12.2 Å². The zero-order valence-electron chi connectivity index (χ0n) is 5.97. The summed E-state index contributed by atoms with van der Waals surface area (Å²) in [4.78, 5) is 10.3. The van der Waals surface area contributed by atoms with Crippen LogP contribution >= 0.6 is 12.6 Å². The summed E-state index contributed by atoms with van der Waals surface area (Å²) < 4.78 is 0.970. The third-order valence-electron chi connectivity index (χ3n) is 1.36. The van der Waals surface area contributed by atoms with Crippen LogP contribution in [0.4, 0.5) is 0 Å². The topological polar surface area (TPSA) is 48.1 Å². The third kappa shape index (κ3) is 1.54. The van der Waals surface area contributed by atoms with E-state index >= 15 is 0 Å². The van der Waals surface area contributed by atoms with Gasteiger partial charge in [0.1, 0.15) is 5.69 Å². The Labute approximate surface area is 69.4 Å². The Kier molecular flexibility index (Phi) is 2.19. The van der Waals surface area contributed by atoms with Gasteiger partial charge in [-0.15, -0.1) is 0 Å². The van der Waals surface area contributed by atoms with Gasteiger partial charge in [0.2, 0.25) is 0 Å². The lowest BCUT2D eigenvalue weighted by Crippen LogP contribution is -2.10. The fraction of sp³-hybridized carbons (Fsp3) is 0.333. The first-order valence-corrected chi connectivity index (χ1v) is 3.64. The maximum atomic E-state index is 10.3. The lowest BCUT2D eigenvalue weighted by atomic mass is 10.3. The summed E-state index contributed by atoms with van der Waals surface area (Å²) in [5.41, 5.74) is 0.596. The highest BCUT2D eigenvalue weighted by Gasteiger charge is 2.11. The Balaban J connectivity index is 3.06. The van der Waals surface area contributed by atoms with Crippen LogP contribution in [0.1, 0.15) is 17.9 Å². The molecule has 0 fully saturated rings. The zero-order valence-corrected chi connectivity index (χ0v) is 6.86. The molecule has 1 rings (SSSR count). The van der Waals surface area contributed by atoms with Gasteiger partial charge in [-0.3, -0.25) is 0 Å². The minimum Gasteiger partial charge on any atom is -0.234 e. The van der Waals surface area contributed by atoms with Crippen LogP contribution in [0.3, 0.4) is 0 Å². The quantitative estimate of drug-likeness (QED) is 0.417. The molecule has 1 aromatic rings. The van der Waals surface area contributed by atoms with E-state index in [2.05, 4.69) is 12.6 Å². The molecule has 1 unspecified atom stereocenters. The van der Waals surface area contributed by atoms with Crippen LogP contribution in [0, 0.1) is 10.1 Å². The molecule has 0 amide bonds. The molecule has 0 saturated carbocycles. The zero-order chi connectivity index (χ0) is 8.43. The standard InChI is InChI=1S/C6H8N2O2S/c1-5(11)6-3-2-4-7(6)8(9)10/h2-5,11H,1H3. The molecule has 11 heavy (non-hydrogen) atoms. The van der Waals surface area contributed by atoms with Crippen LogP contribution in [-0.4, -0.2) is 9.71 Å². The van der Waals surface area contributed by atoms with Crippen LogP contribution in [0.25, 0.3) is 0 Å². The summed E-state index contributed by atoms with van der Waals surface area (Å²) in [5, 5.41) is 9.74. The first kappa shape index (κ1) is 8.13. The van der Waals surface area contributed by atoms with Crippen molar-refractivity contribution in [1.82, 2.24) is 4.68 Å². The van der Waals surface area contributed by atoms with Crippen molar-refractivity contribution in [1.29, 1.82) is 0 Å². The van der Waals surface area contributed by atoms with Crippen molar-refractivity contribution in [3.63, 3.8) is 0 Å². The summed E-state index contributed by atoms with van der Waals surface area (Å²) in [6, 6.07) is 3.31. The number of nitrogens with zero attached hydrogens (tertiary/aromatic N) is 2. The van der Waals surface area contributed by atoms with Gasteiger partial charge >= 0.3 is 0 Å². The predicted octanol–water partition coefficient (Wildman–Crippen LogP) is 1.52. The second-order valence-electron chi connectivity index (χ2n) is 2.19. The van der Waals surface area contributed by atoms with Gasteiger partial charge in [0.15, 0.2) is 5.03 Å². The Hall–Kier alpha value is -0.970. The van der Waals surface area contributed by atoms with E-state index in [-0.39, 0.29) is 5.25 Å². The molecule has 60 valence electrons. The van der Waals surface area contributed by atoms with Gasteiger partial charge in [-0.05, 0) is 19.1 Å². The second-order valence-corrected chi connectivity index (χ2v) is 2.97. The molecule has 0 aromatic carbocycles. The fourth-order valence-electron chi connectivity index (χ4n) is 0.865. The normalized spacial score (nSPS) is 12.9. The van der Waals surface area contributed by atoms with Gasteiger partial charge in [-0.2, -0.15) is 12.6 Å². The highest BCUT2D eigenvalue weighted by molar-refractivity contribution is 7.80. The fourth-order valence-corrected chi connectivity index (χ4v) is 1.07. The Morgan fingerprint density at radius 1 is 1.82 bits per heavy atom. The van der Waals surface area contributed by atoms with Crippen LogP contribution < -0.4 is 0 Å². The molecule has 0 aliphatic carbocycles. The summed E-state index contributed by atoms with van der Waals surface area (Å²) in [7, 11) is 0. The third-order valence-corrected chi connectivity index (χ3v) is 1.63. The first-order chi connectivity index (χ1) is 5.13. The first-order valence-electron chi connectivity index (χ1n) is 3.13. The van der Waals surface area contributed by atoms with Crippen LogP contribution in [0.2, 0.25) is 0 Å². The number of thiol groups is 1. The van der Waals surface area contributed by atoms with Gasteiger partial charge in [-0.1, -0.05) is 4.68 Å². The molecule has 1 heterocycles. The van der Waals surface area contributed by atoms with E-state index in [0.29, 0.717) is 5.69 Å². The largest absolute Gasteiger partial charge is 0.234 e. The van der Waals surface area contributed by atoms with Gasteiger partial charge in [-0.25, -0.2) is 10.1 Å². The minimum absolute atomic E-state index is 0.115. The Morgan fingerprint density at radius 3 is 2.82 bits per heavy atom. The average molecular weight is 172 g/mol. The van der Waals surface area contributed by atoms with Crippen LogP contribution in [0.5, 0.6) is 0 Å². The number of aromatic nitrogens is 1. The van der Waals surface area contributed by atoms with E-state index in [1.54, 1.807) is 19.1 Å². The maximum absolute atomic E-state index is 10.3. The molecule has 0 radical (unpaired) electrons. The second kappa shape index (κ2) is 2.96. The molecule has 4 nitrogen and oxygen atoms in total. The molecular weight excluding hydrogens is 164 g/mol. The van der Waals surface area contributed by atoms with E-state index in [4.69, 9.17) is 0 Å². The summed E-state index contributed by atoms with van der Waals surface area (Å²) in [5.74, 6) is 0. The van der Waals surface area contributed by atoms with Crippen molar-refractivity contribution in [3.8, 4) is 0 Å². The van der Waals surface area contributed by atoms with E-state index in [1.165, 1.54) is 6.20 Å². The predicted molar refractivity (Wildman–Crippen MR) is 44.2 cm³/mol. The molecule has 0 bridgehead atoms. The summed E-state index contributed by atoms with van der Waals surface area (Å²) >= 11 is 4.09. The molecule has 1 aromatic heterocycles. The monoisotopic (exact) mass is 172 g/mol. The molecule has 0 spiro atoms. The van der Waals surface area contributed by atoms with Crippen molar-refractivity contribution < 1.29 is 5.03 Å². The molecule has 0 aliphatic heterocycles. The maximum Gasteiger partial charge on any atom is 0.169 e. The van der Waals surface area contributed by atoms with Gasteiger partial charge in [0.05, 0.1) is 6.20 Å². The molecular formula is C6H8N2O2S. The minimum atomic E-state index is -0.470.